The van der Waals surface area contributed by atoms with Crippen molar-refractivity contribution in [3.8, 4) is 0 Å². The van der Waals surface area contributed by atoms with E-state index in [0.29, 0.717) is 17.8 Å². The summed E-state index contributed by atoms with van der Waals surface area (Å²) in [7, 11) is 1.97. The van der Waals surface area contributed by atoms with Crippen molar-refractivity contribution in [1.82, 2.24) is 10.3 Å². The highest BCUT2D eigenvalue weighted by Gasteiger charge is 2.17. The molecule has 0 saturated carbocycles. The van der Waals surface area contributed by atoms with Gasteiger partial charge >= 0.3 is 0 Å². The van der Waals surface area contributed by atoms with Gasteiger partial charge in [-0.25, -0.2) is 0 Å². The predicted octanol–water partition coefficient (Wildman–Crippen LogP) is 3.14. The summed E-state index contributed by atoms with van der Waals surface area (Å²) < 4.78 is 0. The summed E-state index contributed by atoms with van der Waals surface area (Å²) in [5.74, 6) is 2.08. The first-order chi connectivity index (χ1) is 8.56. The van der Waals surface area contributed by atoms with Crippen LogP contribution < -0.4 is 10.6 Å². The highest BCUT2D eigenvalue weighted by molar-refractivity contribution is 5.48. The SMILES string of the molecule is CNCc1ccncc1NCC(C(C)C)C(C)C. The van der Waals surface area contributed by atoms with Gasteiger partial charge in [-0.3, -0.25) is 4.98 Å². The van der Waals surface area contributed by atoms with Crippen LogP contribution in [0.1, 0.15) is 33.3 Å². The molecule has 0 spiro atoms. The standard InChI is InChI=1S/C15H27N3/c1-11(2)14(12(3)4)9-18-15-10-17-7-6-13(15)8-16-5/h6-7,10-12,14,16,18H,8-9H2,1-5H3. The molecular weight excluding hydrogens is 222 g/mol. The number of nitrogens with zero attached hydrogens (tertiary/aromatic N) is 1. The van der Waals surface area contributed by atoms with Crippen molar-refractivity contribution in [3.63, 3.8) is 0 Å². The van der Waals surface area contributed by atoms with Gasteiger partial charge in [0, 0.05) is 19.3 Å². The average Bonchev–Trinajstić information content (AvgIpc) is 2.31. The lowest BCUT2D eigenvalue weighted by Gasteiger charge is -2.26. The minimum atomic E-state index is 0.688. The highest BCUT2D eigenvalue weighted by Crippen LogP contribution is 2.22. The minimum absolute atomic E-state index is 0.688. The molecule has 1 aromatic rings. The predicted molar refractivity (Wildman–Crippen MR) is 78.7 cm³/mol. The van der Waals surface area contributed by atoms with Crippen LogP contribution in [-0.4, -0.2) is 18.6 Å². The number of hydrogen-bond acceptors (Lipinski definition) is 3. The van der Waals surface area contributed by atoms with Gasteiger partial charge in [-0.05, 0) is 36.4 Å². The van der Waals surface area contributed by atoms with Crippen molar-refractivity contribution in [2.75, 3.05) is 18.9 Å². The maximum Gasteiger partial charge on any atom is 0.0572 e. The molecule has 0 bridgehead atoms. The fourth-order valence-corrected chi connectivity index (χ4v) is 2.40. The number of pyridine rings is 1. The topological polar surface area (TPSA) is 37.0 Å². The zero-order valence-corrected chi connectivity index (χ0v) is 12.3. The van der Waals surface area contributed by atoms with Crippen molar-refractivity contribution in [2.24, 2.45) is 17.8 Å². The molecule has 0 radical (unpaired) electrons. The fraction of sp³-hybridized carbons (Fsp3) is 0.667. The molecule has 18 heavy (non-hydrogen) atoms. The van der Waals surface area contributed by atoms with Crippen LogP contribution >= 0.6 is 0 Å². The molecule has 2 N–H and O–H groups in total. The molecule has 0 aliphatic heterocycles. The third-order valence-electron chi connectivity index (χ3n) is 3.52. The number of nitrogens with one attached hydrogen (secondary N) is 2. The Labute approximate surface area is 111 Å². The molecule has 0 aromatic carbocycles. The molecule has 1 rings (SSSR count). The van der Waals surface area contributed by atoms with Gasteiger partial charge < -0.3 is 10.6 Å². The summed E-state index contributed by atoms with van der Waals surface area (Å²) in [6, 6.07) is 2.07. The molecule has 0 fully saturated rings. The summed E-state index contributed by atoms with van der Waals surface area (Å²) in [6.07, 6.45) is 3.77. The van der Waals surface area contributed by atoms with Crippen molar-refractivity contribution in [1.29, 1.82) is 0 Å². The Hall–Kier alpha value is -1.09. The molecule has 1 heterocycles. The Morgan fingerprint density at radius 2 is 1.83 bits per heavy atom. The Bertz CT molecular complexity index is 339. The zero-order chi connectivity index (χ0) is 13.5. The van der Waals surface area contributed by atoms with E-state index in [1.807, 2.05) is 19.4 Å². The van der Waals surface area contributed by atoms with Gasteiger partial charge in [-0.2, -0.15) is 0 Å². The van der Waals surface area contributed by atoms with Crippen molar-refractivity contribution < 1.29 is 0 Å². The summed E-state index contributed by atoms with van der Waals surface area (Å²) in [4.78, 5) is 4.20. The van der Waals surface area contributed by atoms with Crippen LogP contribution in [-0.2, 0) is 6.54 Å². The lowest BCUT2D eigenvalue weighted by atomic mass is 9.85. The number of hydrogen-bond donors (Lipinski definition) is 2. The van der Waals surface area contributed by atoms with Gasteiger partial charge in [-0.15, -0.1) is 0 Å². The second-order valence-electron chi connectivity index (χ2n) is 5.60. The molecule has 0 aliphatic carbocycles. The lowest BCUT2D eigenvalue weighted by Crippen LogP contribution is -2.25. The van der Waals surface area contributed by atoms with E-state index in [1.54, 1.807) is 0 Å². The van der Waals surface area contributed by atoms with Crippen molar-refractivity contribution in [3.05, 3.63) is 24.0 Å². The largest absolute Gasteiger partial charge is 0.383 e. The molecule has 0 amide bonds. The molecule has 102 valence electrons. The van der Waals surface area contributed by atoms with Gasteiger partial charge in [-0.1, -0.05) is 27.7 Å². The molecular formula is C15H27N3. The van der Waals surface area contributed by atoms with Crippen LogP contribution in [0.4, 0.5) is 5.69 Å². The summed E-state index contributed by atoms with van der Waals surface area (Å²) >= 11 is 0. The molecule has 0 atom stereocenters. The second-order valence-corrected chi connectivity index (χ2v) is 5.60. The number of rotatable bonds is 7. The number of aromatic nitrogens is 1. The summed E-state index contributed by atoms with van der Waals surface area (Å²) in [5.41, 5.74) is 2.43. The maximum absolute atomic E-state index is 4.20. The first-order valence-corrected chi connectivity index (χ1v) is 6.87. The number of anilines is 1. The van der Waals surface area contributed by atoms with Crippen LogP contribution in [0.15, 0.2) is 18.5 Å². The molecule has 0 unspecified atom stereocenters. The van der Waals surface area contributed by atoms with E-state index in [-0.39, 0.29) is 0 Å². The fourth-order valence-electron chi connectivity index (χ4n) is 2.40. The van der Waals surface area contributed by atoms with Crippen LogP contribution in [0, 0.1) is 17.8 Å². The third kappa shape index (κ3) is 4.30. The van der Waals surface area contributed by atoms with Crippen LogP contribution in [0.3, 0.4) is 0 Å². The van der Waals surface area contributed by atoms with E-state index in [2.05, 4.69) is 49.4 Å². The molecule has 1 aromatic heterocycles. The van der Waals surface area contributed by atoms with Gasteiger partial charge in [0.1, 0.15) is 0 Å². The molecule has 0 saturated heterocycles. The smallest absolute Gasteiger partial charge is 0.0572 e. The van der Waals surface area contributed by atoms with Crippen molar-refractivity contribution in [2.45, 2.75) is 34.2 Å². The van der Waals surface area contributed by atoms with Gasteiger partial charge in [0.15, 0.2) is 0 Å². The molecule has 3 heteroatoms. The summed E-state index contributed by atoms with van der Waals surface area (Å²) in [5, 5.41) is 6.75. The Balaban J connectivity index is 2.67. The Morgan fingerprint density at radius 3 is 2.39 bits per heavy atom. The van der Waals surface area contributed by atoms with Crippen LogP contribution in [0.25, 0.3) is 0 Å². The normalized spacial score (nSPS) is 11.6. The molecule has 3 nitrogen and oxygen atoms in total. The lowest BCUT2D eigenvalue weighted by molar-refractivity contribution is 0.304. The summed E-state index contributed by atoms with van der Waals surface area (Å²) in [6.45, 7) is 11.1. The van der Waals surface area contributed by atoms with E-state index in [4.69, 9.17) is 0 Å². The first kappa shape index (κ1) is 15.0. The molecule has 0 aliphatic rings. The van der Waals surface area contributed by atoms with E-state index in [0.717, 1.165) is 18.8 Å². The average molecular weight is 249 g/mol. The minimum Gasteiger partial charge on any atom is -0.383 e. The van der Waals surface area contributed by atoms with Gasteiger partial charge in [0.2, 0.25) is 0 Å². The zero-order valence-electron chi connectivity index (χ0n) is 12.3. The second kappa shape index (κ2) is 7.37. The Kier molecular flexibility index (Phi) is 6.13. The third-order valence-corrected chi connectivity index (χ3v) is 3.52. The van der Waals surface area contributed by atoms with E-state index in [9.17, 15) is 0 Å². The van der Waals surface area contributed by atoms with E-state index >= 15 is 0 Å². The monoisotopic (exact) mass is 249 g/mol. The van der Waals surface area contributed by atoms with Crippen LogP contribution in [0.5, 0.6) is 0 Å². The van der Waals surface area contributed by atoms with Gasteiger partial charge in [0.25, 0.3) is 0 Å². The highest BCUT2D eigenvalue weighted by atomic mass is 14.9. The van der Waals surface area contributed by atoms with Crippen molar-refractivity contribution >= 4 is 5.69 Å². The van der Waals surface area contributed by atoms with Gasteiger partial charge in [0.05, 0.1) is 11.9 Å². The van der Waals surface area contributed by atoms with E-state index in [1.165, 1.54) is 5.56 Å². The first-order valence-electron chi connectivity index (χ1n) is 6.87. The Morgan fingerprint density at radius 1 is 1.17 bits per heavy atom. The quantitative estimate of drug-likeness (QED) is 0.779. The van der Waals surface area contributed by atoms with E-state index < -0.39 is 0 Å². The maximum atomic E-state index is 4.20. The van der Waals surface area contributed by atoms with Crippen LogP contribution in [0.2, 0.25) is 0 Å².